The standard InChI is InChI=1S/C17H22N2OS/c1-10-6-7-15(9-17(10)19-14(5)20)18-12(3)16-8-11(2)21-13(16)4/h6-9,12,18H,1-5H3,(H,19,20). The van der Waals surface area contributed by atoms with E-state index in [1.165, 1.54) is 22.2 Å². The van der Waals surface area contributed by atoms with Crippen LogP contribution < -0.4 is 10.6 Å². The summed E-state index contributed by atoms with van der Waals surface area (Å²) in [5.74, 6) is -0.0485. The van der Waals surface area contributed by atoms with E-state index < -0.39 is 0 Å². The highest BCUT2D eigenvalue weighted by Crippen LogP contribution is 2.29. The van der Waals surface area contributed by atoms with Crippen molar-refractivity contribution in [1.29, 1.82) is 0 Å². The van der Waals surface area contributed by atoms with Crippen LogP contribution in [0.15, 0.2) is 24.3 Å². The van der Waals surface area contributed by atoms with Crippen molar-refractivity contribution in [2.45, 2.75) is 40.7 Å². The van der Waals surface area contributed by atoms with Gasteiger partial charge in [0, 0.05) is 34.1 Å². The first-order valence-electron chi connectivity index (χ1n) is 7.08. The molecule has 0 saturated carbocycles. The zero-order valence-corrected chi connectivity index (χ0v) is 14.0. The molecule has 0 saturated heterocycles. The summed E-state index contributed by atoms with van der Waals surface area (Å²) >= 11 is 1.83. The summed E-state index contributed by atoms with van der Waals surface area (Å²) in [4.78, 5) is 13.9. The van der Waals surface area contributed by atoms with Crippen molar-refractivity contribution in [3.8, 4) is 0 Å². The molecule has 1 amide bonds. The Bertz CT molecular complexity index is 661. The Hall–Kier alpha value is -1.81. The third-order valence-corrected chi connectivity index (χ3v) is 4.46. The number of rotatable bonds is 4. The minimum absolute atomic E-state index is 0.0485. The van der Waals surface area contributed by atoms with E-state index in [0.717, 1.165) is 16.9 Å². The number of hydrogen-bond acceptors (Lipinski definition) is 3. The number of thiophene rings is 1. The van der Waals surface area contributed by atoms with Gasteiger partial charge in [-0.25, -0.2) is 0 Å². The van der Waals surface area contributed by atoms with Crippen LogP contribution in [0.5, 0.6) is 0 Å². The maximum Gasteiger partial charge on any atom is 0.221 e. The highest BCUT2D eigenvalue weighted by molar-refractivity contribution is 7.12. The van der Waals surface area contributed by atoms with E-state index in [-0.39, 0.29) is 11.9 Å². The number of carbonyl (C=O) groups is 1. The molecule has 1 aromatic carbocycles. The predicted molar refractivity (Wildman–Crippen MR) is 91.3 cm³/mol. The molecule has 1 unspecified atom stereocenters. The summed E-state index contributed by atoms with van der Waals surface area (Å²) in [6.07, 6.45) is 0. The van der Waals surface area contributed by atoms with E-state index in [9.17, 15) is 4.79 Å². The van der Waals surface area contributed by atoms with Crippen molar-refractivity contribution in [2.24, 2.45) is 0 Å². The van der Waals surface area contributed by atoms with Gasteiger partial charge in [0.2, 0.25) is 5.91 Å². The third kappa shape index (κ3) is 3.85. The monoisotopic (exact) mass is 302 g/mol. The Balaban J connectivity index is 2.19. The number of anilines is 2. The third-order valence-electron chi connectivity index (χ3n) is 3.48. The zero-order chi connectivity index (χ0) is 15.6. The van der Waals surface area contributed by atoms with Gasteiger partial charge in [-0.2, -0.15) is 0 Å². The molecule has 0 aliphatic rings. The fourth-order valence-electron chi connectivity index (χ4n) is 2.44. The van der Waals surface area contributed by atoms with Crippen molar-refractivity contribution < 1.29 is 4.79 Å². The minimum Gasteiger partial charge on any atom is -0.378 e. The largest absolute Gasteiger partial charge is 0.378 e. The van der Waals surface area contributed by atoms with E-state index in [1.807, 2.05) is 36.5 Å². The van der Waals surface area contributed by atoms with Gasteiger partial charge in [0.15, 0.2) is 0 Å². The number of aryl methyl sites for hydroxylation is 3. The van der Waals surface area contributed by atoms with Crippen LogP contribution in [0.1, 0.15) is 40.8 Å². The zero-order valence-electron chi connectivity index (χ0n) is 13.2. The fraction of sp³-hybridized carbons (Fsp3) is 0.353. The topological polar surface area (TPSA) is 41.1 Å². The second kappa shape index (κ2) is 6.31. The van der Waals surface area contributed by atoms with E-state index in [4.69, 9.17) is 0 Å². The molecule has 0 spiro atoms. The molecule has 0 fully saturated rings. The van der Waals surface area contributed by atoms with Crippen LogP contribution in [0.2, 0.25) is 0 Å². The van der Waals surface area contributed by atoms with E-state index in [2.05, 4.69) is 37.5 Å². The first kappa shape index (κ1) is 15.6. The molecule has 0 bridgehead atoms. The molecule has 1 aromatic heterocycles. The first-order valence-corrected chi connectivity index (χ1v) is 7.90. The number of nitrogens with one attached hydrogen (secondary N) is 2. The Morgan fingerprint density at radius 2 is 1.90 bits per heavy atom. The van der Waals surface area contributed by atoms with Crippen LogP contribution in [0, 0.1) is 20.8 Å². The van der Waals surface area contributed by atoms with Gasteiger partial charge in [-0.1, -0.05) is 6.07 Å². The Labute approximate surface area is 130 Å². The van der Waals surface area contributed by atoms with Gasteiger partial charge in [0.1, 0.15) is 0 Å². The van der Waals surface area contributed by atoms with Crippen LogP contribution in [-0.2, 0) is 4.79 Å². The van der Waals surface area contributed by atoms with Crippen LogP contribution in [0.4, 0.5) is 11.4 Å². The average Bonchev–Trinajstić information content (AvgIpc) is 2.72. The molecule has 0 aliphatic carbocycles. The summed E-state index contributed by atoms with van der Waals surface area (Å²) in [6, 6.07) is 8.53. The van der Waals surface area contributed by atoms with Gasteiger partial charge in [-0.3, -0.25) is 4.79 Å². The van der Waals surface area contributed by atoms with Crippen LogP contribution >= 0.6 is 11.3 Å². The molecule has 0 radical (unpaired) electrons. The van der Waals surface area contributed by atoms with Gasteiger partial charge in [0.25, 0.3) is 0 Å². The second-order valence-corrected chi connectivity index (χ2v) is 6.91. The van der Waals surface area contributed by atoms with Crippen LogP contribution in [0.3, 0.4) is 0 Å². The summed E-state index contributed by atoms with van der Waals surface area (Å²) < 4.78 is 0. The summed E-state index contributed by atoms with van der Waals surface area (Å²) in [6.45, 7) is 9.97. The lowest BCUT2D eigenvalue weighted by Crippen LogP contribution is -2.10. The summed E-state index contributed by atoms with van der Waals surface area (Å²) in [7, 11) is 0. The molecule has 1 heterocycles. The van der Waals surface area contributed by atoms with Crippen LogP contribution in [-0.4, -0.2) is 5.91 Å². The SMILES string of the molecule is CC(=O)Nc1cc(NC(C)c2cc(C)sc2C)ccc1C. The Morgan fingerprint density at radius 3 is 2.48 bits per heavy atom. The van der Waals surface area contributed by atoms with Crippen molar-refractivity contribution in [3.63, 3.8) is 0 Å². The molecule has 112 valence electrons. The molecule has 3 nitrogen and oxygen atoms in total. The lowest BCUT2D eigenvalue weighted by molar-refractivity contribution is -0.114. The maximum absolute atomic E-state index is 11.2. The Morgan fingerprint density at radius 1 is 1.19 bits per heavy atom. The van der Waals surface area contributed by atoms with E-state index in [0.29, 0.717) is 0 Å². The van der Waals surface area contributed by atoms with Crippen molar-refractivity contribution in [1.82, 2.24) is 0 Å². The van der Waals surface area contributed by atoms with Gasteiger partial charge < -0.3 is 10.6 Å². The van der Waals surface area contributed by atoms with Gasteiger partial charge >= 0.3 is 0 Å². The number of hydrogen-bond donors (Lipinski definition) is 2. The molecular formula is C17H22N2OS. The second-order valence-electron chi connectivity index (χ2n) is 5.45. The molecule has 4 heteroatoms. The molecule has 2 rings (SSSR count). The fourth-order valence-corrected chi connectivity index (χ4v) is 3.47. The molecule has 2 aromatic rings. The van der Waals surface area contributed by atoms with E-state index >= 15 is 0 Å². The van der Waals surface area contributed by atoms with Gasteiger partial charge in [0.05, 0.1) is 0 Å². The summed E-state index contributed by atoms with van der Waals surface area (Å²) in [5, 5.41) is 6.37. The summed E-state index contributed by atoms with van der Waals surface area (Å²) in [5.41, 5.74) is 4.27. The number of carbonyl (C=O) groups excluding carboxylic acids is 1. The quantitative estimate of drug-likeness (QED) is 0.851. The van der Waals surface area contributed by atoms with Crippen molar-refractivity contribution in [2.75, 3.05) is 10.6 Å². The van der Waals surface area contributed by atoms with E-state index in [1.54, 1.807) is 0 Å². The van der Waals surface area contributed by atoms with Crippen molar-refractivity contribution >= 4 is 28.6 Å². The average molecular weight is 302 g/mol. The van der Waals surface area contributed by atoms with Crippen molar-refractivity contribution in [3.05, 3.63) is 45.1 Å². The normalized spacial score (nSPS) is 12.0. The predicted octanol–water partition coefficient (Wildman–Crippen LogP) is 4.80. The minimum atomic E-state index is -0.0485. The molecular weight excluding hydrogens is 280 g/mol. The maximum atomic E-state index is 11.2. The lowest BCUT2D eigenvalue weighted by Gasteiger charge is -2.17. The van der Waals surface area contributed by atoms with Crippen LogP contribution in [0.25, 0.3) is 0 Å². The molecule has 2 N–H and O–H groups in total. The highest BCUT2D eigenvalue weighted by Gasteiger charge is 2.12. The number of benzene rings is 1. The van der Waals surface area contributed by atoms with Gasteiger partial charge in [-0.05, 0) is 57.0 Å². The van der Waals surface area contributed by atoms with Gasteiger partial charge in [-0.15, -0.1) is 11.3 Å². The smallest absolute Gasteiger partial charge is 0.221 e. The molecule has 21 heavy (non-hydrogen) atoms. The highest BCUT2D eigenvalue weighted by atomic mass is 32.1. The molecule has 1 atom stereocenters. The first-order chi connectivity index (χ1) is 9.86. The lowest BCUT2D eigenvalue weighted by atomic mass is 10.1. The number of amides is 1. The Kier molecular flexibility index (Phi) is 4.68. The molecule has 0 aliphatic heterocycles.